The molecule has 0 aliphatic carbocycles. The summed E-state index contributed by atoms with van der Waals surface area (Å²) < 4.78 is 0. The monoisotopic (exact) mass is 781 g/mol. The van der Waals surface area contributed by atoms with E-state index >= 15 is 0 Å². The van der Waals surface area contributed by atoms with Gasteiger partial charge in [0.05, 0.1) is 6.04 Å². The number of primary amides is 1. The van der Waals surface area contributed by atoms with Gasteiger partial charge in [0.2, 0.25) is 23.6 Å². The number of aliphatic hydroxyl groups excluding tert-OH is 2. The number of carbonyl (C=O) groups is 4. The van der Waals surface area contributed by atoms with E-state index < -0.39 is 48.3 Å². The number of para-hydroxylation sites is 1. The van der Waals surface area contributed by atoms with Gasteiger partial charge < -0.3 is 47.5 Å². The summed E-state index contributed by atoms with van der Waals surface area (Å²) in [6.07, 6.45) is 0.552. The minimum atomic E-state index is -1.26. The molecule has 1 heterocycles. The number of amides is 4. The first-order valence-electron chi connectivity index (χ1n) is 19.5. The molecule has 12 N–H and O–H groups in total. The van der Waals surface area contributed by atoms with Crippen molar-refractivity contribution in [2.45, 2.75) is 90.1 Å². The SMILES string of the molecule is CCC(C)[C@H](NC(=O)[C@H](Cc1c[nH]c2ccccc12)NC(C)=O)C(=O)N[C@@H](CCC(N)=O)[C@H](O)NCc1ccc(CN[C@@H](O)CN(CCNC)CCNC)cc1. The molecule has 0 bridgehead atoms. The first-order valence-corrected chi connectivity index (χ1v) is 19.5. The lowest BCUT2D eigenvalue weighted by Gasteiger charge is -2.30. The molecule has 56 heavy (non-hydrogen) atoms. The number of carbonyl (C=O) groups excluding carboxylic acids is 4. The predicted molar refractivity (Wildman–Crippen MR) is 218 cm³/mol. The van der Waals surface area contributed by atoms with Crippen LogP contribution < -0.4 is 43.0 Å². The van der Waals surface area contributed by atoms with E-state index in [1.807, 2.05) is 76.5 Å². The molecule has 2 aromatic carbocycles. The van der Waals surface area contributed by atoms with E-state index in [1.54, 1.807) is 6.20 Å². The zero-order chi connectivity index (χ0) is 41.0. The van der Waals surface area contributed by atoms with Crippen LogP contribution in [0.15, 0.2) is 54.7 Å². The van der Waals surface area contributed by atoms with Crippen molar-refractivity contribution in [1.29, 1.82) is 0 Å². The number of aliphatic hydroxyl groups is 2. The summed E-state index contributed by atoms with van der Waals surface area (Å²) in [7, 11) is 3.80. The molecular formula is C40H64N10O6. The number of nitrogens with two attached hydrogens (primary N) is 1. The lowest BCUT2D eigenvalue weighted by molar-refractivity contribution is -0.133. The number of hydrogen-bond donors (Lipinski definition) is 11. The molecule has 16 heteroatoms. The minimum absolute atomic E-state index is 0.0553. The van der Waals surface area contributed by atoms with Crippen molar-refractivity contribution in [1.82, 2.24) is 47.1 Å². The summed E-state index contributed by atoms with van der Waals surface area (Å²) in [5.74, 6) is -2.35. The van der Waals surface area contributed by atoms with Gasteiger partial charge in [-0.3, -0.25) is 34.7 Å². The van der Waals surface area contributed by atoms with Crippen LogP contribution in [0.25, 0.3) is 10.9 Å². The molecule has 0 spiro atoms. The molecular weight excluding hydrogens is 717 g/mol. The van der Waals surface area contributed by atoms with E-state index in [0.29, 0.717) is 19.5 Å². The number of rotatable bonds is 27. The van der Waals surface area contributed by atoms with E-state index in [1.165, 1.54) is 6.92 Å². The molecule has 310 valence electrons. The zero-order valence-electron chi connectivity index (χ0n) is 33.5. The fourth-order valence-corrected chi connectivity index (χ4v) is 6.33. The van der Waals surface area contributed by atoms with Crippen molar-refractivity contribution >= 4 is 34.5 Å². The normalized spacial score (nSPS) is 14.8. The molecule has 0 radical (unpaired) electrons. The average molecular weight is 781 g/mol. The minimum Gasteiger partial charge on any atom is -0.377 e. The van der Waals surface area contributed by atoms with Gasteiger partial charge in [0, 0.05) is 82.7 Å². The Morgan fingerprint density at radius 2 is 1.48 bits per heavy atom. The Morgan fingerprint density at radius 1 is 0.857 bits per heavy atom. The van der Waals surface area contributed by atoms with Crippen LogP contribution in [0.4, 0.5) is 0 Å². The summed E-state index contributed by atoms with van der Waals surface area (Å²) in [5, 5.41) is 43.6. The fraction of sp³-hybridized carbons (Fsp3) is 0.550. The summed E-state index contributed by atoms with van der Waals surface area (Å²) in [6.45, 7) is 9.55. The third-order valence-corrected chi connectivity index (χ3v) is 9.86. The van der Waals surface area contributed by atoms with Crippen LogP contribution in [-0.2, 0) is 38.7 Å². The number of likely N-dealkylation sites (N-methyl/N-ethyl adjacent to an activating group) is 2. The van der Waals surface area contributed by atoms with E-state index in [9.17, 15) is 29.4 Å². The second-order valence-electron chi connectivity index (χ2n) is 14.4. The number of benzene rings is 2. The smallest absolute Gasteiger partial charge is 0.243 e. The first kappa shape index (κ1) is 46.0. The highest BCUT2D eigenvalue weighted by atomic mass is 16.3. The number of hydrogen-bond acceptors (Lipinski definition) is 11. The molecule has 0 saturated carbocycles. The van der Waals surface area contributed by atoms with E-state index in [-0.39, 0.29) is 37.6 Å². The van der Waals surface area contributed by atoms with Crippen LogP contribution in [0.2, 0.25) is 0 Å². The second-order valence-corrected chi connectivity index (χ2v) is 14.4. The maximum Gasteiger partial charge on any atom is 0.243 e. The van der Waals surface area contributed by atoms with Gasteiger partial charge in [-0.05, 0) is 49.2 Å². The van der Waals surface area contributed by atoms with Gasteiger partial charge in [-0.15, -0.1) is 0 Å². The molecule has 16 nitrogen and oxygen atoms in total. The molecule has 6 atom stereocenters. The lowest BCUT2D eigenvalue weighted by Crippen LogP contribution is -2.59. The van der Waals surface area contributed by atoms with E-state index in [0.717, 1.165) is 53.8 Å². The van der Waals surface area contributed by atoms with Crippen LogP contribution >= 0.6 is 0 Å². The van der Waals surface area contributed by atoms with E-state index in [2.05, 4.69) is 47.1 Å². The van der Waals surface area contributed by atoms with Crippen molar-refractivity contribution in [3.05, 3.63) is 71.4 Å². The summed E-state index contributed by atoms with van der Waals surface area (Å²) in [4.78, 5) is 56.8. The molecule has 0 saturated heterocycles. The summed E-state index contributed by atoms with van der Waals surface area (Å²) >= 11 is 0. The van der Waals surface area contributed by atoms with Gasteiger partial charge in [0.25, 0.3) is 0 Å². The lowest BCUT2D eigenvalue weighted by atomic mass is 9.96. The Balaban J connectivity index is 1.62. The summed E-state index contributed by atoms with van der Waals surface area (Å²) in [5.41, 5.74) is 9.01. The number of fused-ring (bicyclic) bond motifs is 1. The van der Waals surface area contributed by atoms with Gasteiger partial charge >= 0.3 is 0 Å². The van der Waals surface area contributed by atoms with Crippen LogP contribution in [0.1, 0.15) is 56.7 Å². The molecule has 1 unspecified atom stereocenters. The second kappa shape index (κ2) is 24.3. The number of aromatic amines is 1. The summed E-state index contributed by atoms with van der Waals surface area (Å²) in [6, 6.07) is 12.5. The number of H-pyrrole nitrogens is 1. The van der Waals surface area contributed by atoms with Crippen molar-refractivity contribution in [3.63, 3.8) is 0 Å². The highest BCUT2D eigenvalue weighted by molar-refractivity contribution is 5.93. The Kier molecular flexibility index (Phi) is 19.9. The first-order chi connectivity index (χ1) is 26.8. The van der Waals surface area contributed by atoms with Gasteiger partial charge in [0.15, 0.2) is 0 Å². The Labute approximate surface area is 330 Å². The zero-order valence-corrected chi connectivity index (χ0v) is 33.5. The Bertz CT molecular complexity index is 1650. The highest BCUT2D eigenvalue weighted by Gasteiger charge is 2.32. The Morgan fingerprint density at radius 3 is 2.07 bits per heavy atom. The van der Waals surface area contributed by atoms with Crippen molar-refractivity contribution in [3.8, 4) is 0 Å². The molecule has 0 fully saturated rings. The van der Waals surface area contributed by atoms with Crippen LogP contribution in [0.3, 0.4) is 0 Å². The standard InChI is InChI=1S/C40H64N10O6/c1-6-26(2)37(49-39(55)34(47-27(3)51)21-30-24-44-32-10-8-7-9-31(30)32)40(56)48-33(15-16-35(41)52)38(54)46-23-29-13-11-28(12-14-29)22-45-36(53)25-50(19-17-42-4)20-18-43-5/h7-14,24,26,33-34,36-38,42-46,53-54H,6,15-23,25H2,1-5H3,(H2,41,52)(H,47,51)(H,48,56)(H,49,55)/t26?,33-,34-,36-,37-,38-/m0/s1. The third kappa shape index (κ3) is 15.6. The quantitative estimate of drug-likeness (QED) is 0.0452. The van der Waals surface area contributed by atoms with Crippen molar-refractivity contribution in [2.75, 3.05) is 46.8 Å². The third-order valence-electron chi connectivity index (χ3n) is 9.86. The van der Waals surface area contributed by atoms with Gasteiger partial charge in [-0.25, -0.2) is 0 Å². The highest BCUT2D eigenvalue weighted by Crippen LogP contribution is 2.20. The molecule has 1 aromatic heterocycles. The molecule has 0 aliphatic rings. The Hall–Kier alpha value is -4.42. The maximum absolute atomic E-state index is 13.8. The predicted octanol–water partition coefficient (Wildman–Crippen LogP) is -0.247. The van der Waals surface area contributed by atoms with Gasteiger partial charge in [0.1, 0.15) is 24.5 Å². The number of aromatic nitrogens is 1. The number of nitrogens with zero attached hydrogens (tertiary/aromatic N) is 1. The van der Waals surface area contributed by atoms with E-state index in [4.69, 9.17) is 5.73 Å². The molecule has 4 amide bonds. The van der Waals surface area contributed by atoms with Crippen LogP contribution in [0.5, 0.6) is 0 Å². The maximum atomic E-state index is 13.8. The van der Waals surface area contributed by atoms with Crippen LogP contribution in [-0.4, -0.2) is 121 Å². The fourth-order valence-electron chi connectivity index (χ4n) is 6.33. The average Bonchev–Trinajstić information content (AvgIpc) is 3.59. The molecule has 3 aromatic rings. The largest absolute Gasteiger partial charge is 0.377 e. The van der Waals surface area contributed by atoms with Crippen molar-refractivity contribution in [2.24, 2.45) is 11.7 Å². The molecule has 0 aliphatic heterocycles. The van der Waals surface area contributed by atoms with Gasteiger partial charge in [-0.1, -0.05) is 62.7 Å². The van der Waals surface area contributed by atoms with Crippen molar-refractivity contribution < 1.29 is 29.4 Å². The molecule has 3 rings (SSSR count). The number of nitrogens with one attached hydrogen (secondary N) is 8. The van der Waals surface area contributed by atoms with Crippen LogP contribution in [0, 0.1) is 5.92 Å². The topological polar surface area (TPSA) is 238 Å². The van der Waals surface area contributed by atoms with Gasteiger partial charge in [-0.2, -0.15) is 0 Å².